The van der Waals surface area contributed by atoms with E-state index >= 15 is 0 Å². The minimum atomic E-state index is -0.247. The van der Waals surface area contributed by atoms with Crippen LogP contribution in [0.2, 0.25) is 5.02 Å². The predicted octanol–water partition coefficient (Wildman–Crippen LogP) is 3.74. The Morgan fingerprint density at radius 3 is 2.54 bits per heavy atom. The van der Waals surface area contributed by atoms with Gasteiger partial charge in [-0.05, 0) is 55.7 Å². The number of ether oxygens (including phenoxy) is 1. The number of pyridine rings is 1. The Bertz CT molecular complexity index is 668. The molecule has 3 rings (SSSR count). The van der Waals surface area contributed by atoms with Gasteiger partial charge >= 0.3 is 0 Å². The molecule has 0 unspecified atom stereocenters. The molecule has 1 aliphatic rings. The first-order chi connectivity index (χ1) is 11.7. The van der Waals surface area contributed by atoms with E-state index < -0.39 is 0 Å². The van der Waals surface area contributed by atoms with Crippen LogP contribution in [0.4, 0.5) is 11.5 Å². The van der Waals surface area contributed by atoms with Crippen molar-refractivity contribution in [3.05, 3.63) is 47.6 Å². The van der Waals surface area contributed by atoms with Crippen molar-refractivity contribution in [3.8, 4) is 5.75 Å². The summed E-state index contributed by atoms with van der Waals surface area (Å²) >= 11 is 5.80. The van der Waals surface area contributed by atoms with Gasteiger partial charge in [0, 0.05) is 18.1 Å². The Kier molecular flexibility index (Phi) is 5.54. The summed E-state index contributed by atoms with van der Waals surface area (Å²) in [5, 5.41) is 3.36. The fraction of sp³-hybridized carbons (Fsp3) is 0.333. The molecule has 1 amide bonds. The molecule has 0 spiro atoms. The number of amides is 1. The molecule has 0 atom stereocenters. The third-order valence-corrected chi connectivity index (χ3v) is 4.17. The molecule has 0 aliphatic carbocycles. The summed E-state index contributed by atoms with van der Waals surface area (Å²) in [5.41, 5.74) is 1.10. The number of aromatic nitrogens is 1. The van der Waals surface area contributed by atoms with Gasteiger partial charge in [-0.25, -0.2) is 4.98 Å². The number of rotatable bonds is 5. The van der Waals surface area contributed by atoms with Gasteiger partial charge in [-0.15, -0.1) is 0 Å². The van der Waals surface area contributed by atoms with Crippen LogP contribution in [-0.2, 0) is 4.79 Å². The minimum Gasteiger partial charge on any atom is -0.484 e. The average Bonchev–Trinajstić information content (AvgIpc) is 2.63. The number of benzene rings is 1. The largest absolute Gasteiger partial charge is 0.484 e. The molecular formula is C18H20ClN3O2. The number of carbonyl (C=O) groups excluding carboxylic acids is 1. The van der Waals surface area contributed by atoms with E-state index in [-0.39, 0.29) is 12.5 Å². The molecule has 6 heteroatoms. The monoisotopic (exact) mass is 345 g/mol. The first-order valence-corrected chi connectivity index (χ1v) is 8.48. The van der Waals surface area contributed by atoms with Crippen molar-refractivity contribution in [3.63, 3.8) is 0 Å². The topological polar surface area (TPSA) is 54.5 Å². The summed E-state index contributed by atoms with van der Waals surface area (Å²) in [5.74, 6) is 0.881. The van der Waals surface area contributed by atoms with Crippen LogP contribution in [0.3, 0.4) is 0 Å². The molecule has 0 radical (unpaired) electrons. The van der Waals surface area contributed by atoms with E-state index in [0.717, 1.165) is 18.8 Å². The molecule has 1 N–H and O–H groups in total. The van der Waals surface area contributed by atoms with Crippen LogP contribution in [-0.4, -0.2) is 30.6 Å². The number of piperidine rings is 1. The van der Waals surface area contributed by atoms with Crippen molar-refractivity contribution in [2.75, 3.05) is 29.9 Å². The number of hydrogen-bond acceptors (Lipinski definition) is 4. The highest BCUT2D eigenvalue weighted by atomic mass is 35.5. The molecule has 2 aromatic rings. The molecule has 24 heavy (non-hydrogen) atoms. The van der Waals surface area contributed by atoms with Gasteiger partial charge < -0.3 is 15.0 Å². The van der Waals surface area contributed by atoms with E-state index in [0.29, 0.717) is 16.6 Å². The first kappa shape index (κ1) is 16.6. The van der Waals surface area contributed by atoms with Crippen molar-refractivity contribution < 1.29 is 9.53 Å². The van der Waals surface area contributed by atoms with Crippen LogP contribution >= 0.6 is 11.6 Å². The minimum absolute atomic E-state index is 0.0722. The van der Waals surface area contributed by atoms with Crippen LogP contribution in [0, 0.1) is 0 Å². The average molecular weight is 346 g/mol. The maximum Gasteiger partial charge on any atom is 0.263 e. The highest BCUT2D eigenvalue weighted by molar-refractivity contribution is 6.30. The summed E-state index contributed by atoms with van der Waals surface area (Å²) in [4.78, 5) is 18.6. The number of hydrogen-bond donors (Lipinski definition) is 1. The summed E-state index contributed by atoms with van der Waals surface area (Å²) < 4.78 is 5.41. The lowest BCUT2D eigenvalue weighted by molar-refractivity contribution is -0.118. The number of anilines is 2. The first-order valence-electron chi connectivity index (χ1n) is 8.10. The second-order valence-corrected chi connectivity index (χ2v) is 6.18. The number of nitrogens with one attached hydrogen (secondary N) is 1. The summed E-state index contributed by atoms with van der Waals surface area (Å²) in [6.45, 7) is 2.07. The molecule has 0 saturated carbocycles. The third-order valence-electron chi connectivity index (χ3n) is 3.92. The lowest BCUT2D eigenvalue weighted by Crippen LogP contribution is -2.29. The van der Waals surface area contributed by atoms with Crippen LogP contribution in [0.1, 0.15) is 19.3 Å². The maximum atomic E-state index is 11.9. The molecule has 1 saturated heterocycles. The van der Waals surface area contributed by atoms with E-state index in [9.17, 15) is 4.79 Å². The van der Waals surface area contributed by atoms with Crippen molar-refractivity contribution >= 4 is 29.0 Å². The molecule has 126 valence electrons. The number of carbonyl (C=O) groups is 1. The number of nitrogens with zero attached hydrogens (tertiary/aromatic N) is 2. The van der Waals surface area contributed by atoms with E-state index in [1.807, 2.05) is 12.1 Å². The second kappa shape index (κ2) is 8.02. The Morgan fingerprint density at radius 1 is 1.12 bits per heavy atom. The van der Waals surface area contributed by atoms with Crippen LogP contribution in [0.15, 0.2) is 42.6 Å². The predicted molar refractivity (Wildman–Crippen MR) is 95.9 cm³/mol. The highest BCUT2D eigenvalue weighted by Gasteiger charge is 2.11. The fourth-order valence-electron chi connectivity index (χ4n) is 2.66. The molecular weight excluding hydrogens is 326 g/mol. The third kappa shape index (κ3) is 4.61. The van der Waals surface area contributed by atoms with Gasteiger partial charge in [0.1, 0.15) is 11.6 Å². The summed E-state index contributed by atoms with van der Waals surface area (Å²) in [6.07, 6.45) is 5.55. The van der Waals surface area contributed by atoms with Crippen LogP contribution in [0.5, 0.6) is 5.75 Å². The van der Waals surface area contributed by atoms with Gasteiger partial charge in [0.05, 0.1) is 11.9 Å². The van der Waals surface area contributed by atoms with Gasteiger partial charge in [0.15, 0.2) is 6.61 Å². The molecule has 1 aromatic carbocycles. The number of halogens is 1. The molecule has 1 aliphatic heterocycles. The Labute approximate surface area is 146 Å². The lowest BCUT2D eigenvalue weighted by atomic mass is 10.1. The van der Waals surface area contributed by atoms with Crippen molar-refractivity contribution in [1.29, 1.82) is 0 Å². The van der Waals surface area contributed by atoms with Gasteiger partial charge in [-0.1, -0.05) is 11.6 Å². The summed E-state index contributed by atoms with van der Waals surface area (Å²) in [6, 6.07) is 10.7. The van der Waals surface area contributed by atoms with Gasteiger partial charge in [-0.3, -0.25) is 4.79 Å². The SMILES string of the molecule is O=C(COc1ccc(Cl)cc1)Nc1ccc(N2CCCCC2)cn1. The standard InChI is InChI=1S/C18H20ClN3O2/c19-14-4-7-16(8-5-14)24-13-18(23)21-17-9-6-15(12-20-17)22-10-2-1-3-11-22/h4-9,12H,1-3,10-11,13H2,(H,20,21,23). The van der Waals surface area contributed by atoms with E-state index in [4.69, 9.17) is 16.3 Å². The van der Waals surface area contributed by atoms with E-state index in [1.54, 1.807) is 30.5 Å². The zero-order valence-electron chi connectivity index (χ0n) is 13.4. The zero-order valence-corrected chi connectivity index (χ0v) is 14.1. The normalized spacial score (nSPS) is 14.3. The van der Waals surface area contributed by atoms with Crippen molar-refractivity contribution in [2.24, 2.45) is 0 Å². The van der Waals surface area contributed by atoms with Crippen molar-refractivity contribution in [1.82, 2.24) is 4.98 Å². The molecule has 2 heterocycles. The highest BCUT2D eigenvalue weighted by Crippen LogP contribution is 2.20. The zero-order chi connectivity index (χ0) is 16.8. The molecule has 5 nitrogen and oxygen atoms in total. The second-order valence-electron chi connectivity index (χ2n) is 5.74. The van der Waals surface area contributed by atoms with Crippen molar-refractivity contribution in [2.45, 2.75) is 19.3 Å². The van der Waals surface area contributed by atoms with Gasteiger partial charge in [0.25, 0.3) is 5.91 Å². The smallest absolute Gasteiger partial charge is 0.263 e. The van der Waals surface area contributed by atoms with Gasteiger partial charge in [-0.2, -0.15) is 0 Å². The quantitative estimate of drug-likeness (QED) is 0.896. The Hall–Kier alpha value is -2.27. The van der Waals surface area contributed by atoms with E-state index in [1.165, 1.54) is 19.3 Å². The Balaban J connectivity index is 1.49. The van der Waals surface area contributed by atoms with Gasteiger partial charge in [0.2, 0.25) is 0 Å². The fourth-order valence-corrected chi connectivity index (χ4v) is 2.78. The van der Waals surface area contributed by atoms with E-state index in [2.05, 4.69) is 15.2 Å². The Morgan fingerprint density at radius 2 is 1.88 bits per heavy atom. The molecule has 1 aromatic heterocycles. The lowest BCUT2D eigenvalue weighted by Gasteiger charge is -2.28. The van der Waals surface area contributed by atoms with Crippen LogP contribution < -0.4 is 15.0 Å². The molecule has 0 bridgehead atoms. The maximum absolute atomic E-state index is 11.9. The van der Waals surface area contributed by atoms with Crippen LogP contribution in [0.25, 0.3) is 0 Å². The summed E-state index contributed by atoms with van der Waals surface area (Å²) in [7, 11) is 0. The molecule has 1 fully saturated rings.